The molecule has 0 N–H and O–H groups in total. The van der Waals surface area contributed by atoms with Crippen molar-refractivity contribution in [2.45, 2.75) is 45.8 Å². The first-order valence-electron chi connectivity index (χ1n) is 10.9. The Hall–Kier alpha value is -3.09. The summed E-state index contributed by atoms with van der Waals surface area (Å²) < 4.78 is 3.46. The molecule has 3 aromatic rings. The number of likely N-dealkylation sites (tertiary alicyclic amines) is 1. The number of aryl methyl sites for hydroxylation is 1. The molecule has 2 aliphatic rings. The van der Waals surface area contributed by atoms with E-state index in [1.807, 2.05) is 51.9 Å². The van der Waals surface area contributed by atoms with E-state index in [1.54, 1.807) is 11.6 Å². The molecule has 31 heavy (non-hydrogen) atoms. The van der Waals surface area contributed by atoms with Gasteiger partial charge in [-0.3, -0.25) is 13.9 Å². The monoisotopic (exact) mass is 419 g/mol. The average molecular weight is 420 g/mol. The van der Waals surface area contributed by atoms with Gasteiger partial charge < -0.3 is 9.80 Å². The van der Waals surface area contributed by atoms with Crippen LogP contribution >= 0.6 is 0 Å². The van der Waals surface area contributed by atoms with Gasteiger partial charge >= 0.3 is 5.69 Å². The number of pyridine rings is 1. The number of carbonyl (C=O) groups excluding carboxylic acids is 1. The van der Waals surface area contributed by atoms with Crippen molar-refractivity contribution in [3.63, 3.8) is 0 Å². The van der Waals surface area contributed by atoms with Crippen LogP contribution in [0, 0.1) is 5.41 Å². The second kappa shape index (κ2) is 6.97. The van der Waals surface area contributed by atoms with Gasteiger partial charge in [0.25, 0.3) is 5.91 Å². The number of hydrogen-bond donors (Lipinski definition) is 0. The third-order valence-corrected chi connectivity index (χ3v) is 6.42. The number of rotatable bonds is 3. The minimum Gasteiger partial charge on any atom is -0.350 e. The summed E-state index contributed by atoms with van der Waals surface area (Å²) in [6.45, 7) is 8.52. The second-order valence-electron chi connectivity index (χ2n) is 10.0. The van der Waals surface area contributed by atoms with Crippen LogP contribution in [0.1, 0.15) is 37.6 Å². The van der Waals surface area contributed by atoms with E-state index in [4.69, 9.17) is 4.98 Å². The highest BCUT2D eigenvalue weighted by molar-refractivity contribution is 5.95. The molecule has 2 aromatic heterocycles. The molecular weight excluding hydrogens is 390 g/mol. The number of carbonyl (C=O) groups is 1. The molecule has 0 radical (unpaired) electrons. The van der Waals surface area contributed by atoms with E-state index in [2.05, 4.69) is 25.7 Å². The first-order valence-corrected chi connectivity index (χ1v) is 10.9. The van der Waals surface area contributed by atoms with Gasteiger partial charge in [0.15, 0.2) is 5.65 Å². The Morgan fingerprint density at radius 3 is 2.45 bits per heavy atom. The maximum atomic E-state index is 12.9. The van der Waals surface area contributed by atoms with E-state index >= 15 is 0 Å². The molecule has 0 aliphatic carbocycles. The van der Waals surface area contributed by atoms with Crippen LogP contribution < -0.4 is 10.6 Å². The SMILES string of the molecule is Cn1c(=O)n(CC(C)(C)C)c2ccc(N3CC4CC3CN4C(=O)c3ccccc3)nc21. The topological polar surface area (TPSA) is 63.4 Å². The van der Waals surface area contributed by atoms with E-state index in [1.165, 1.54) is 0 Å². The minimum absolute atomic E-state index is 0.000362. The zero-order valence-corrected chi connectivity index (χ0v) is 18.6. The molecule has 1 aromatic carbocycles. The lowest BCUT2D eigenvalue weighted by molar-refractivity contribution is 0.0725. The lowest BCUT2D eigenvalue weighted by atomic mass is 9.97. The van der Waals surface area contributed by atoms with E-state index < -0.39 is 0 Å². The number of piperazine rings is 1. The third-order valence-electron chi connectivity index (χ3n) is 6.42. The van der Waals surface area contributed by atoms with Crippen LogP contribution in [0.15, 0.2) is 47.3 Å². The number of aromatic nitrogens is 3. The summed E-state index contributed by atoms with van der Waals surface area (Å²) in [5, 5.41) is 0. The molecule has 0 saturated carbocycles. The van der Waals surface area contributed by atoms with E-state index in [-0.39, 0.29) is 29.1 Å². The van der Waals surface area contributed by atoms with Crippen LogP contribution in [0.5, 0.6) is 0 Å². The molecule has 2 aliphatic heterocycles. The maximum Gasteiger partial charge on any atom is 0.330 e. The van der Waals surface area contributed by atoms with Gasteiger partial charge in [-0.05, 0) is 36.1 Å². The molecule has 5 rings (SSSR count). The van der Waals surface area contributed by atoms with Crippen molar-refractivity contribution in [1.29, 1.82) is 0 Å². The molecule has 2 fully saturated rings. The number of amides is 1. The van der Waals surface area contributed by atoms with Gasteiger partial charge in [0.2, 0.25) is 0 Å². The van der Waals surface area contributed by atoms with Crippen LogP contribution in [0.3, 0.4) is 0 Å². The van der Waals surface area contributed by atoms with Gasteiger partial charge in [0, 0.05) is 32.2 Å². The average Bonchev–Trinajstić information content (AvgIpc) is 3.42. The third kappa shape index (κ3) is 3.32. The lowest BCUT2D eigenvalue weighted by Crippen LogP contribution is -2.49. The van der Waals surface area contributed by atoms with E-state index in [0.717, 1.165) is 29.9 Å². The minimum atomic E-state index is -0.0304. The first-order chi connectivity index (χ1) is 14.7. The fraction of sp³-hybridized carbons (Fsp3) is 0.458. The first kappa shape index (κ1) is 19.8. The summed E-state index contributed by atoms with van der Waals surface area (Å²) in [5.74, 6) is 0.994. The Kier molecular flexibility index (Phi) is 4.46. The molecule has 162 valence electrons. The fourth-order valence-electron chi connectivity index (χ4n) is 4.99. The lowest BCUT2D eigenvalue weighted by Gasteiger charge is -2.35. The van der Waals surface area contributed by atoms with Gasteiger partial charge in [-0.15, -0.1) is 0 Å². The zero-order chi connectivity index (χ0) is 21.9. The van der Waals surface area contributed by atoms with Crippen molar-refractivity contribution in [2.75, 3.05) is 18.0 Å². The summed E-state index contributed by atoms with van der Waals surface area (Å²) in [5.41, 5.74) is 2.30. The molecule has 2 bridgehead atoms. The Morgan fingerprint density at radius 2 is 1.81 bits per heavy atom. The predicted octanol–water partition coefficient (Wildman–Crippen LogP) is 2.88. The number of benzene rings is 1. The predicted molar refractivity (Wildman–Crippen MR) is 121 cm³/mol. The smallest absolute Gasteiger partial charge is 0.330 e. The van der Waals surface area contributed by atoms with Crippen molar-refractivity contribution in [2.24, 2.45) is 12.5 Å². The molecule has 2 saturated heterocycles. The molecule has 2 unspecified atom stereocenters. The van der Waals surface area contributed by atoms with E-state index in [9.17, 15) is 9.59 Å². The van der Waals surface area contributed by atoms with Crippen LogP contribution in [-0.2, 0) is 13.6 Å². The summed E-state index contributed by atoms with van der Waals surface area (Å²) in [4.78, 5) is 34.9. The molecule has 0 spiro atoms. The Balaban J connectivity index is 1.40. The molecular formula is C24H29N5O2. The number of anilines is 1. The molecule has 4 heterocycles. The van der Waals surface area contributed by atoms with Gasteiger partial charge in [-0.2, -0.15) is 0 Å². The number of fused-ring (bicyclic) bond motifs is 3. The Labute approximate surface area is 181 Å². The highest BCUT2D eigenvalue weighted by atomic mass is 16.2. The summed E-state index contributed by atoms with van der Waals surface area (Å²) in [6, 6.07) is 14.0. The van der Waals surface area contributed by atoms with Crippen molar-refractivity contribution in [3.05, 3.63) is 58.5 Å². The Bertz CT molecular complexity index is 1200. The quantitative estimate of drug-likeness (QED) is 0.655. The fourth-order valence-corrected chi connectivity index (χ4v) is 4.99. The normalized spacial score (nSPS) is 20.8. The standard InChI is InChI=1S/C24H29N5O2/c1-24(2,3)15-29-19-10-11-20(25-21(19)26(4)23(29)31)27-13-18-12-17(27)14-28(18)22(30)16-8-6-5-7-9-16/h5-11,17-18H,12-15H2,1-4H3. The number of imidazole rings is 1. The number of nitrogens with zero attached hydrogens (tertiary/aromatic N) is 5. The molecule has 1 amide bonds. The second-order valence-corrected chi connectivity index (χ2v) is 10.0. The maximum absolute atomic E-state index is 12.9. The highest BCUT2D eigenvalue weighted by Crippen LogP contribution is 2.35. The largest absolute Gasteiger partial charge is 0.350 e. The van der Waals surface area contributed by atoms with E-state index in [0.29, 0.717) is 18.7 Å². The summed E-state index contributed by atoms with van der Waals surface area (Å²) in [6.07, 6.45) is 0.961. The molecule has 7 heteroatoms. The van der Waals surface area contributed by atoms with Crippen molar-refractivity contribution in [3.8, 4) is 0 Å². The van der Waals surface area contributed by atoms with Crippen molar-refractivity contribution < 1.29 is 4.79 Å². The highest BCUT2D eigenvalue weighted by Gasteiger charge is 2.46. The summed E-state index contributed by atoms with van der Waals surface area (Å²) >= 11 is 0. The van der Waals surface area contributed by atoms with Crippen LogP contribution in [0.25, 0.3) is 11.2 Å². The van der Waals surface area contributed by atoms with Crippen molar-refractivity contribution in [1.82, 2.24) is 19.0 Å². The van der Waals surface area contributed by atoms with Crippen LogP contribution in [0.4, 0.5) is 5.82 Å². The van der Waals surface area contributed by atoms with Gasteiger partial charge in [-0.1, -0.05) is 39.0 Å². The van der Waals surface area contributed by atoms with Crippen LogP contribution in [0.2, 0.25) is 0 Å². The van der Waals surface area contributed by atoms with Crippen molar-refractivity contribution >= 4 is 22.9 Å². The zero-order valence-electron chi connectivity index (χ0n) is 18.6. The molecule has 2 atom stereocenters. The summed E-state index contributed by atoms with van der Waals surface area (Å²) in [7, 11) is 1.79. The Morgan fingerprint density at radius 1 is 1.06 bits per heavy atom. The molecule has 7 nitrogen and oxygen atoms in total. The number of hydrogen-bond acceptors (Lipinski definition) is 4. The van der Waals surface area contributed by atoms with Gasteiger partial charge in [0.1, 0.15) is 5.82 Å². The van der Waals surface area contributed by atoms with Crippen LogP contribution in [-0.4, -0.2) is 50.1 Å². The van der Waals surface area contributed by atoms with Gasteiger partial charge in [-0.25, -0.2) is 9.78 Å². The van der Waals surface area contributed by atoms with Gasteiger partial charge in [0.05, 0.1) is 17.6 Å².